The van der Waals surface area contributed by atoms with E-state index in [9.17, 15) is 0 Å². The van der Waals surface area contributed by atoms with E-state index in [-0.39, 0.29) is 0 Å². The number of para-hydroxylation sites is 2. The van der Waals surface area contributed by atoms with E-state index in [0.29, 0.717) is 0 Å². The zero-order valence-electron chi connectivity index (χ0n) is 28.9. The van der Waals surface area contributed by atoms with Crippen LogP contribution < -0.4 is 15.3 Å². The van der Waals surface area contributed by atoms with Gasteiger partial charge in [0.15, 0.2) is 0 Å². The van der Waals surface area contributed by atoms with Gasteiger partial charge in [-0.25, -0.2) is 0 Å². The lowest BCUT2D eigenvalue weighted by molar-refractivity contribution is 0.669. The molecule has 4 heteroatoms. The number of fused-ring (bicyclic) bond motifs is 11. The monoisotopic (exact) mass is 683 g/mol. The molecule has 0 spiro atoms. The minimum Gasteiger partial charge on any atom is -0.456 e. The third-order valence-electron chi connectivity index (χ3n) is 11.2. The highest BCUT2D eigenvalue weighted by Crippen LogP contribution is 2.43. The smallest absolute Gasteiger partial charge is 0.143 e. The van der Waals surface area contributed by atoms with Crippen molar-refractivity contribution in [2.45, 2.75) is 13.1 Å². The second-order valence-corrected chi connectivity index (χ2v) is 18.9. The molecule has 246 valence electrons. The number of furan rings is 2. The van der Waals surface area contributed by atoms with E-state index in [1.165, 1.54) is 54.2 Å². The molecule has 8 aromatic carbocycles. The minimum atomic E-state index is -2.09. The van der Waals surface area contributed by atoms with Gasteiger partial charge in [0.05, 0.1) is 0 Å². The largest absolute Gasteiger partial charge is 0.456 e. The number of hydrogen-bond donors (Lipinski definition) is 0. The topological polar surface area (TPSA) is 29.5 Å². The van der Waals surface area contributed by atoms with Gasteiger partial charge in [0.2, 0.25) is 0 Å². The molecule has 0 N–H and O–H groups in total. The van der Waals surface area contributed by atoms with E-state index in [1.807, 2.05) is 12.1 Å². The molecule has 0 bridgehead atoms. The Morgan fingerprint density at radius 2 is 1.10 bits per heavy atom. The summed E-state index contributed by atoms with van der Waals surface area (Å²) in [7, 11) is -2.09. The van der Waals surface area contributed by atoms with Gasteiger partial charge < -0.3 is 13.7 Å². The SMILES string of the molecule is C[Si]1(C)c2cc(N(c3cccc(-c4ccc5ccccc5c4)c3)c3ccc4oc5ccccc5c4c3)ccc2-c2c1ccc1c2oc2ccccc21. The predicted octanol–water partition coefficient (Wildman–Crippen LogP) is 12.6. The van der Waals surface area contributed by atoms with E-state index in [1.54, 1.807) is 0 Å². The first-order valence-electron chi connectivity index (χ1n) is 17.9. The van der Waals surface area contributed by atoms with Crippen molar-refractivity contribution in [2.75, 3.05) is 4.90 Å². The molecular weight excluding hydrogens is 651 g/mol. The molecule has 52 heavy (non-hydrogen) atoms. The van der Waals surface area contributed by atoms with Crippen LogP contribution in [0, 0.1) is 0 Å². The van der Waals surface area contributed by atoms with Gasteiger partial charge in [-0.15, -0.1) is 0 Å². The molecule has 3 nitrogen and oxygen atoms in total. The molecule has 2 aromatic heterocycles. The minimum absolute atomic E-state index is 0.891. The van der Waals surface area contributed by atoms with Gasteiger partial charge in [0.25, 0.3) is 0 Å². The summed E-state index contributed by atoms with van der Waals surface area (Å²) in [6.07, 6.45) is 0. The highest BCUT2D eigenvalue weighted by atomic mass is 28.3. The molecule has 0 unspecified atom stereocenters. The van der Waals surface area contributed by atoms with Crippen molar-refractivity contribution < 1.29 is 8.83 Å². The third-order valence-corrected chi connectivity index (χ3v) is 14.8. The second-order valence-electron chi connectivity index (χ2n) is 14.5. The van der Waals surface area contributed by atoms with Crippen molar-refractivity contribution in [1.82, 2.24) is 0 Å². The van der Waals surface area contributed by atoms with Crippen molar-refractivity contribution in [1.29, 1.82) is 0 Å². The van der Waals surface area contributed by atoms with Crippen LogP contribution in [0.5, 0.6) is 0 Å². The number of nitrogens with zero attached hydrogens (tertiary/aromatic N) is 1. The van der Waals surface area contributed by atoms with Crippen LogP contribution in [0.3, 0.4) is 0 Å². The highest BCUT2D eigenvalue weighted by molar-refractivity contribution is 7.04. The van der Waals surface area contributed by atoms with Crippen LogP contribution in [-0.4, -0.2) is 8.07 Å². The van der Waals surface area contributed by atoms with E-state index < -0.39 is 8.07 Å². The fourth-order valence-corrected chi connectivity index (χ4v) is 11.7. The first kappa shape index (κ1) is 29.4. The Morgan fingerprint density at radius 3 is 1.96 bits per heavy atom. The summed E-state index contributed by atoms with van der Waals surface area (Å²) in [6, 6.07) is 59.3. The molecule has 0 radical (unpaired) electrons. The van der Waals surface area contributed by atoms with Crippen molar-refractivity contribution in [3.05, 3.63) is 164 Å². The molecule has 0 saturated heterocycles. The van der Waals surface area contributed by atoms with Gasteiger partial charge in [0.1, 0.15) is 30.4 Å². The summed E-state index contributed by atoms with van der Waals surface area (Å²) in [5.74, 6) is 0. The molecule has 0 fully saturated rings. The Morgan fingerprint density at radius 1 is 0.423 bits per heavy atom. The van der Waals surface area contributed by atoms with E-state index in [2.05, 4.69) is 170 Å². The summed E-state index contributed by atoms with van der Waals surface area (Å²) in [5, 5.41) is 9.93. The fraction of sp³-hybridized carbons (Fsp3) is 0.0417. The summed E-state index contributed by atoms with van der Waals surface area (Å²) in [4.78, 5) is 2.41. The molecule has 11 rings (SSSR count). The summed E-state index contributed by atoms with van der Waals surface area (Å²) in [6.45, 7) is 4.95. The zero-order valence-corrected chi connectivity index (χ0v) is 29.9. The summed E-state index contributed by atoms with van der Waals surface area (Å²) >= 11 is 0. The molecule has 0 saturated carbocycles. The van der Waals surface area contributed by atoms with Crippen molar-refractivity contribution in [2.24, 2.45) is 0 Å². The van der Waals surface area contributed by atoms with Crippen LogP contribution in [0.1, 0.15) is 0 Å². The van der Waals surface area contributed by atoms with E-state index in [4.69, 9.17) is 8.83 Å². The molecule has 3 heterocycles. The van der Waals surface area contributed by atoms with Gasteiger partial charge in [-0.05, 0) is 98.5 Å². The normalized spacial score (nSPS) is 13.3. The van der Waals surface area contributed by atoms with Gasteiger partial charge in [0, 0.05) is 44.2 Å². The number of benzene rings is 8. The first-order chi connectivity index (χ1) is 25.5. The van der Waals surface area contributed by atoms with Gasteiger partial charge in [-0.3, -0.25) is 0 Å². The number of rotatable bonds is 4. The van der Waals surface area contributed by atoms with Crippen molar-refractivity contribution >= 4 is 90.2 Å². The van der Waals surface area contributed by atoms with Gasteiger partial charge in [-0.2, -0.15) is 0 Å². The molecular formula is C48H33NO2Si. The third kappa shape index (κ3) is 4.25. The average Bonchev–Trinajstić information content (AvgIpc) is 3.82. The number of anilines is 3. The second kappa shape index (κ2) is 10.8. The lowest BCUT2D eigenvalue weighted by atomic mass is 10.00. The first-order valence-corrected chi connectivity index (χ1v) is 20.9. The molecule has 0 aliphatic carbocycles. The van der Waals surface area contributed by atoms with Crippen LogP contribution >= 0.6 is 0 Å². The maximum atomic E-state index is 6.62. The Bertz CT molecular complexity index is 3080. The highest BCUT2D eigenvalue weighted by Gasteiger charge is 2.40. The van der Waals surface area contributed by atoms with Gasteiger partial charge in [-0.1, -0.05) is 116 Å². The standard InChI is InChI=1S/C48H33NO2Si/c1-52(2)45-25-23-39-37-14-5-8-17-43(37)51-48(39)47(45)40-22-20-36(29-46(40)52)49(35-21-24-44-41(28-35)38-15-6-7-16-42(38)50-44)34-13-9-12-32(27-34)33-19-18-30-10-3-4-11-31(30)26-33/h3-29H,1-2H3. The lowest BCUT2D eigenvalue weighted by Crippen LogP contribution is -2.49. The van der Waals surface area contributed by atoms with Gasteiger partial charge >= 0.3 is 0 Å². The van der Waals surface area contributed by atoms with Crippen LogP contribution in [-0.2, 0) is 0 Å². The molecule has 10 aromatic rings. The van der Waals surface area contributed by atoms with Crippen LogP contribution in [0.15, 0.2) is 173 Å². The molecule has 0 amide bonds. The summed E-state index contributed by atoms with van der Waals surface area (Å²) in [5.41, 5.74) is 12.0. The molecule has 1 aliphatic heterocycles. The molecule has 0 atom stereocenters. The Labute approximate surface area is 302 Å². The van der Waals surface area contributed by atoms with Crippen LogP contribution in [0.2, 0.25) is 13.1 Å². The average molecular weight is 684 g/mol. The number of hydrogen-bond acceptors (Lipinski definition) is 3. The lowest BCUT2D eigenvalue weighted by Gasteiger charge is -2.28. The molecule has 1 aliphatic rings. The maximum absolute atomic E-state index is 6.62. The quantitative estimate of drug-likeness (QED) is 0.173. The van der Waals surface area contributed by atoms with Crippen molar-refractivity contribution in [3.63, 3.8) is 0 Å². The van der Waals surface area contributed by atoms with Crippen LogP contribution in [0.25, 0.3) is 76.9 Å². The fourth-order valence-electron chi connectivity index (χ4n) is 8.62. The van der Waals surface area contributed by atoms with Crippen LogP contribution in [0.4, 0.5) is 17.1 Å². The zero-order chi connectivity index (χ0) is 34.6. The Hall–Kier alpha value is -6.36. The predicted molar refractivity (Wildman–Crippen MR) is 221 cm³/mol. The van der Waals surface area contributed by atoms with Crippen molar-refractivity contribution in [3.8, 4) is 22.3 Å². The summed E-state index contributed by atoms with van der Waals surface area (Å²) < 4.78 is 12.9. The van der Waals surface area contributed by atoms with E-state index in [0.717, 1.165) is 50.2 Å². The maximum Gasteiger partial charge on any atom is 0.143 e. The van der Waals surface area contributed by atoms with E-state index >= 15 is 0 Å². The Kier molecular flexibility index (Phi) is 6.11. The Balaban J connectivity index is 1.12.